The Bertz CT molecular complexity index is 1190. The molecule has 1 atom stereocenters. The summed E-state index contributed by atoms with van der Waals surface area (Å²) in [4.78, 5) is 26.6. The van der Waals surface area contributed by atoms with Crippen LogP contribution >= 0.6 is 0 Å². The lowest BCUT2D eigenvalue weighted by Gasteiger charge is -2.26. The summed E-state index contributed by atoms with van der Waals surface area (Å²) in [6, 6.07) is -1.14. The van der Waals surface area contributed by atoms with Crippen LogP contribution in [-0.4, -0.2) is 68.8 Å². The third-order valence-corrected chi connectivity index (χ3v) is 7.25. The van der Waals surface area contributed by atoms with E-state index in [1.165, 1.54) is 23.2 Å². The predicted octanol–water partition coefficient (Wildman–Crippen LogP) is 1.23. The van der Waals surface area contributed by atoms with Crippen molar-refractivity contribution in [3.05, 3.63) is 41.8 Å². The molecule has 9 nitrogen and oxygen atoms in total. The molecule has 3 aliphatic rings. The standard InChI is InChI=1S/C19H21F3N5O4S/c1-18(5-6-18)24-32(30,31)13-3-4-15-14(7-13)16(28)26(10-12-8-23-25(2)9-12)17(29)27(15)11-19(20,21)22/h3-4,7-9,13,24H,5-6,10-11H2,1-2H3/q+1. The van der Waals surface area contributed by atoms with Crippen molar-refractivity contribution in [3.8, 4) is 0 Å². The van der Waals surface area contributed by atoms with Crippen LogP contribution in [-0.2, 0) is 28.4 Å². The van der Waals surface area contributed by atoms with Crippen molar-refractivity contribution < 1.29 is 35.8 Å². The number of nitrogens with zero attached hydrogens (tertiary/aromatic N) is 4. The molecule has 1 unspecified atom stereocenters. The normalized spacial score (nSPS) is 22.8. The summed E-state index contributed by atoms with van der Waals surface area (Å²) >= 11 is 0. The van der Waals surface area contributed by atoms with Crippen LogP contribution in [0, 0.1) is 0 Å². The Kier molecular flexibility index (Phi) is 5.16. The first-order valence-corrected chi connectivity index (χ1v) is 11.3. The molecule has 0 saturated heterocycles. The first-order chi connectivity index (χ1) is 14.8. The van der Waals surface area contributed by atoms with Gasteiger partial charge in [-0.05, 0) is 31.9 Å². The van der Waals surface area contributed by atoms with Gasteiger partial charge in [0.25, 0.3) is 0 Å². The highest BCUT2D eigenvalue weighted by atomic mass is 32.2. The van der Waals surface area contributed by atoms with E-state index in [4.69, 9.17) is 0 Å². The fourth-order valence-electron chi connectivity index (χ4n) is 3.58. The van der Waals surface area contributed by atoms with Crippen molar-refractivity contribution in [2.75, 3.05) is 6.54 Å². The van der Waals surface area contributed by atoms with E-state index in [1.807, 2.05) is 0 Å². The average molecular weight is 472 g/mol. The molecular weight excluding hydrogens is 451 g/mol. The Balaban J connectivity index is 1.74. The van der Waals surface area contributed by atoms with Gasteiger partial charge in [-0.25, -0.2) is 17.9 Å². The number of imide groups is 1. The first-order valence-electron chi connectivity index (χ1n) is 9.76. The molecule has 32 heavy (non-hydrogen) atoms. The first kappa shape index (κ1) is 22.4. The summed E-state index contributed by atoms with van der Waals surface area (Å²) in [6.45, 7) is -0.178. The number of aryl methyl sites for hydroxylation is 1. The van der Waals surface area contributed by atoms with Crippen molar-refractivity contribution in [3.63, 3.8) is 0 Å². The molecule has 0 spiro atoms. The van der Waals surface area contributed by atoms with Crippen LogP contribution in [0.1, 0.15) is 25.3 Å². The number of urea groups is 1. The van der Waals surface area contributed by atoms with Crippen LogP contribution < -0.4 is 4.72 Å². The molecule has 1 N–H and O–H groups in total. The van der Waals surface area contributed by atoms with Gasteiger partial charge in [0.05, 0.1) is 6.20 Å². The lowest BCUT2D eigenvalue weighted by Crippen LogP contribution is -2.53. The number of fused-ring (bicyclic) bond motifs is 1. The summed E-state index contributed by atoms with van der Waals surface area (Å²) in [6.07, 6.45) is 2.88. The minimum Gasteiger partial charge on any atom is -0.275 e. The molecule has 1 saturated carbocycles. The number of hydrogen-bond donors (Lipinski definition) is 1. The number of amides is 3. The number of aromatic nitrogens is 2. The van der Waals surface area contributed by atoms with Crippen LogP contribution in [0.3, 0.4) is 0 Å². The molecule has 2 aliphatic carbocycles. The molecule has 1 aromatic heterocycles. The Morgan fingerprint density at radius 3 is 2.56 bits per heavy atom. The van der Waals surface area contributed by atoms with Gasteiger partial charge in [0.1, 0.15) is 23.1 Å². The van der Waals surface area contributed by atoms with Crippen molar-refractivity contribution in [1.29, 1.82) is 0 Å². The Hall–Kier alpha value is -2.80. The third-order valence-electron chi connectivity index (χ3n) is 5.46. The van der Waals surface area contributed by atoms with Crippen molar-refractivity contribution in [1.82, 2.24) is 19.4 Å². The fraction of sp³-hybridized carbons (Fsp3) is 0.474. The largest absolute Gasteiger partial charge is 0.502 e. The van der Waals surface area contributed by atoms with Crippen LogP contribution in [0.2, 0.25) is 0 Å². The van der Waals surface area contributed by atoms with Gasteiger partial charge in [0.2, 0.25) is 10.0 Å². The molecule has 3 amide bonds. The Morgan fingerprint density at radius 1 is 1.31 bits per heavy atom. The number of halogens is 3. The predicted molar refractivity (Wildman–Crippen MR) is 106 cm³/mol. The van der Waals surface area contributed by atoms with E-state index < -0.39 is 45.5 Å². The minimum atomic E-state index is -4.73. The number of hydrogen-bond acceptors (Lipinski definition) is 5. The highest BCUT2D eigenvalue weighted by Gasteiger charge is 2.50. The lowest BCUT2D eigenvalue weighted by atomic mass is 9.99. The van der Waals surface area contributed by atoms with Gasteiger partial charge >= 0.3 is 18.1 Å². The number of carbonyl (C=O) groups excluding carboxylic acids is 2. The van der Waals surface area contributed by atoms with Crippen molar-refractivity contribution in [2.45, 2.75) is 43.3 Å². The summed E-state index contributed by atoms with van der Waals surface area (Å²) < 4.78 is 69.6. The number of nitrogens with one attached hydrogen (secondary N) is 1. The zero-order valence-corrected chi connectivity index (χ0v) is 18.1. The van der Waals surface area contributed by atoms with Gasteiger partial charge < -0.3 is 0 Å². The SMILES string of the molecule is Cn1cc(CN2C(=O)C3=CC(S(=O)(=O)NC4(C)CC4)C=CC3=[N+](CC(F)(F)F)C2=O)cn1. The topological polar surface area (TPSA) is 104 Å². The van der Waals surface area contributed by atoms with E-state index in [0.29, 0.717) is 27.9 Å². The lowest BCUT2D eigenvalue weighted by molar-refractivity contribution is -0.478. The van der Waals surface area contributed by atoms with Gasteiger partial charge in [-0.15, -0.1) is 0 Å². The van der Waals surface area contributed by atoms with E-state index >= 15 is 0 Å². The number of alkyl halides is 3. The highest BCUT2D eigenvalue weighted by molar-refractivity contribution is 7.90. The number of rotatable bonds is 6. The molecule has 0 aromatic carbocycles. The third kappa shape index (κ3) is 4.39. The van der Waals surface area contributed by atoms with E-state index in [2.05, 4.69) is 9.82 Å². The summed E-state index contributed by atoms with van der Waals surface area (Å²) in [7, 11) is -2.31. The molecule has 0 bridgehead atoms. The van der Waals surface area contributed by atoms with Gasteiger partial charge in [-0.3, -0.25) is 4.68 Å². The second kappa shape index (κ2) is 7.37. The minimum absolute atomic E-state index is 0.267. The maximum Gasteiger partial charge on any atom is 0.502 e. The number of sulfonamides is 1. The van der Waals surface area contributed by atoms with Crippen LogP contribution in [0.4, 0.5) is 18.0 Å². The van der Waals surface area contributed by atoms with Gasteiger partial charge in [-0.2, -0.15) is 32.5 Å². The molecule has 4 rings (SSSR count). The highest BCUT2D eigenvalue weighted by Crippen LogP contribution is 2.36. The number of allylic oxidation sites excluding steroid dienone is 1. The van der Waals surface area contributed by atoms with Crippen LogP contribution in [0.15, 0.2) is 36.2 Å². The Morgan fingerprint density at radius 2 is 2.00 bits per heavy atom. The fourth-order valence-corrected chi connectivity index (χ4v) is 5.21. The molecule has 13 heteroatoms. The van der Waals surface area contributed by atoms with Crippen LogP contribution in [0.5, 0.6) is 0 Å². The number of carbonyl (C=O) groups is 2. The Labute approximate surface area is 181 Å². The van der Waals surface area contributed by atoms with Crippen molar-refractivity contribution in [2.24, 2.45) is 7.05 Å². The average Bonchev–Trinajstić information content (AvgIpc) is 3.25. The van der Waals surface area contributed by atoms with Gasteiger partial charge in [0.15, 0.2) is 6.54 Å². The monoisotopic (exact) mass is 472 g/mol. The van der Waals surface area contributed by atoms with E-state index in [0.717, 1.165) is 12.2 Å². The maximum absolute atomic E-state index is 13.2. The molecular formula is C19H21F3N5O4S+. The summed E-state index contributed by atoms with van der Waals surface area (Å²) in [5, 5.41) is 2.67. The quantitative estimate of drug-likeness (QED) is 0.628. The molecule has 1 aliphatic heterocycles. The zero-order chi connectivity index (χ0) is 23.5. The van der Waals surface area contributed by atoms with Crippen molar-refractivity contribution >= 4 is 27.7 Å². The molecule has 0 radical (unpaired) electrons. The van der Waals surface area contributed by atoms with E-state index in [1.54, 1.807) is 14.0 Å². The van der Waals surface area contributed by atoms with Gasteiger partial charge in [0, 0.05) is 24.3 Å². The smallest absolute Gasteiger partial charge is 0.275 e. The van der Waals surface area contributed by atoms with Crippen LogP contribution in [0.25, 0.3) is 0 Å². The van der Waals surface area contributed by atoms with Gasteiger partial charge in [-0.1, -0.05) is 6.08 Å². The summed E-state index contributed by atoms with van der Waals surface area (Å²) in [5.41, 5.74) is -0.666. The molecule has 2 heterocycles. The second-order valence-corrected chi connectivity index (χ2v) is 10.2. The maximum atomic E-state index is 13.2. The molecule has 172 valence electrons. The van der Waals surface area contributed by atoms with E-state index in [-0.39, 0.29) is 17.8 Å². The molecule has 1 aromatic rings. The molecule has 1 fully saturated rings. The van der Waals surface area contributed by atoms with E-state index in [9.17, 15) is 31.2 Å². The second-order valence-electron chi connectivity index (χ2n) is 8.39. The summed E-state index contributed by atoms with van der Waals surface area (Å²) in [5.74, 6) is -0.866. The zero-order valence-electron chi connectivity index (χ0n) is 17.3.